The van der Waals surface area contributed by atoms with Gasteiger partial charge in [0.05, 0.1) is 7.11 Å². The molecule has 0 aromatic carbocycles. The first kappa shape index (κ1) is 17.0. The van der Waals surface area contributed by atoms with Gasteiger partial charge in [0.15, 0.2) is 5.16 Å². The number of carbonyl (C=O) groups is 1. The summed E-state index contributed by atoms with van der Waals surface area (Å²) < 4.78 is 6.79. The third kappa shape index (κ3) is 4.79. The number of esters is 1. The maximum absolute atomic E-state index is 11.9. The van der Waals surface area contributed by atoms with Crippen molar-refractivity contribution in [1.29, 1.82) is 0 Å². The molecule has 0 saturated heterocycles. The van der Waals surface area contributed by atoms with Gasteiger partial charge in [-0.2, -0.15) is 0 Å². The zero-order valence-corrected chi connectivity index (χ0v) is 13.7. The van der Waals surface area contributed by atoms with E-state index in [1.807, 2.05) is 32.4 Å². The Balaban J connectivity index is 2.46. The van der Waals surface area contributed by atoms with E-state index in [0.29, 0.717) is 0 Å². The second-order valence-electron chi connectivity index (χ2n) is 5.30. The number of nitrogens with one attached hydrogen (secondary N) is 1. The second-order valence-corrected chi connectivity index (χ2v) is 6.36. The van der Waals surface area contributed by atoms with Gasteiger partial charge in [-0.25, -0.2) is 0 Å². The van der Waals surface area contributed by atoms with E-state index >= 15 is 0 Å². The average molecular weight is 300 g/mol. The number of nitrogens with zero attached hydrogens (tertiary/aromatic N) is 3. The molecule has 0 radical (unpaired) electrons. The van der Waals surface area contributed by atoms with Crippen LogP contribution in [0.4, 0.5) is 0 Å². The van der Waals surface area contributed by atoms with E-state index in [0.717, 1.165) is 23.8 Å². The predicted octanol–water partition coefficient (Wildman–Crippen LogP) is 1.62. The first-order chi connectivity index (χ1) is 9.39. The minimum atomic E-state index is -0.636. The van der Waals surface area contributed by atoms with Crippen LogP contribution in [-0.4, -0.2) is 45.2 Å². The highest BCUT2D eigenvalue weighted by molar-refractivity contribution is 7.99. The fourth-order valence-electron chi connectivity index (χ4n) is 2.09. The van der Waals surface area contributed by atoms with Crippen LogP contribution >= 0.6 is 11.8 Å². The zero-order chi connectivity index (χ0) is 15.2. The lowest BCUT2D eigenvalue weighted by Crippen LogP contribution is -2.53. The molecular formula is C13H24N4O2S. The van der Waals surface area contributed by atoms with E-state index in [1.54, 1.807) is 18.1 Å². The molecule has 1 atom stereocenters. The van der Waals surface area contributed by atoms with Crippen molar-refractivity contribution in [3.8, 4) is 0 Å². The standard InChI is InChI=1S/C13H24N4O2S/c1-10(2)15-13(3,11(18)19-5)7-6-8-20-12-16-14-9-17(12)4/h9-10,15H,6-8H2,1-5H3. The molecule has 1 N–H and O–H groups in total. The van der Waals surface area contributed by atoms with Crippen LogP contribution in [0, 0.1) is 0 Å². The number of aromatic nitrogens is 3. The van der Waals surface area contributed by atoms with Gasteiger partial charge in [0.1, 0.15) is 11.9 Å². The molecule has 7 heteroatoms. The Bertz CT molecular complexity index is 436. The summed E-state index contributed by atoms with van der Waals surface area (Å²) in [6.45, 7) is 5.94. The van der Waals surface area contributed by atoms with Gasteiger partial charge < -0.3 is 9.30 Å². The molecule has 0 spiro atoms. The van der Waals surface area contributed by atoms with Crippen molar-refractivity contribution in [2.45, 2.75) is 50.4 Å². The quantitative estimate of drug-likeness (QED) is 0.447. The molecule has 114 valence electrons. The molecular weight excluding hydrogens is 276 g/mol. The number of rotatable bonds is 8. The second kappa shape index (κ2) is 7.64. The van der Waals surface area contributed by atoms with Crippen LogP contribution in [0.25, 0.3) is 0 Å². The van der Waals surface area contributed by atoms with Crippen molar-refractivity contribution in [2.75, 3.05) is 12.9 Å². The lowest BCUT2D eigenvalue weighted by atomic mass is 9.95. The van der Waals surface area contributed by atoms with E-state index in [4.69, 9.17) is 4.74 Å². The fourth-order valence-corrected chi connectivity index (χ4v) is 2.91. The summed E-state index contributed by atoms with van der Waals surface area (Å²) in [5, 5.41) is 12.0. The molecule has 0 saturated carbocycles. The predicted molar refractivity (Wildman–Crippen MR) is 79.7 cm³/mol. The molecule has 1 heterocycles. The third-order valence-electron chi connectivity index (χ3n) is 2.97. The Morgan fingerprint density at radius 1 is 1.60 bits per heavy atom. The first-order valence-corrected chi connectivity index (χ1v) is 7.70. The SMILES string of the molecule is COC(=O)C(C)(CCCSc1nncn1C)NC(C)C. The number of methoxy groups -OCH3 is 1. The lowest BCUT2D eigenvalue weighted by molar-refractivity contribution is -0.148. The van der Waals surface area contributed by atoms with Crippen LogP contribution in [0.15, 0.2) is 11.5 Å². The van der Waals surface area contributed by atoms with Crippen molar-refractivity contribution in [3.05, 3.63) is 6.33 Å². The highest BCUT2D eigenvalue weighted by Crippen LogP contribution is 2.20. The number of aryl methyl sites for hydroxylation is 1. The van der Waals surface area contributed by atoms with Gasteiger partial charge in [0, 0.05) is 18.8 Å². The highest BCUT2D eigenvalue weighted by Gasteiger charge is 2.34. The normalized spacial score (nSPS) is 14.3. The Morgan fingerprint density at radius 2 is 2.30 bits per heavy atom. The van der Waals surface area contributed by atoms with Gasteiger partial charge >= 0.3 is 5.97 Å². The van der Waals surface area contributed by atoms with Gasteiger partial charge in [-0.1, -0.05) is 11.8 Å². The van der Waals surface area contributed by atoms with Gasteiger partial charge in [0.25, 0.3) is 0 Å². The summed E-state index contributed by atoms with van der Waals surface area (Å²) in [6.07, 6.45) is 3.30. The minimum Gasteiger partial charge on any atom is -0.468 e. The maximum Gasteiger partial charge on any atom is 0.325 e. The average Bonchev–Trinajstić information content (AvgIpc) is 2.78. The maximum atomic E-state index is 11.9. The zero-order valence-electron chi connectivity index (χ0n) is 12.8. The van der Waals surface area contributed by atoms with E-state index in [-0.39, 0.29) is 12.0 Å². The first-order valence-electron chi connectivity index (χ1n) is 6.72. The molecule has 0 aliphatic carbocycles. The van der Waals surface area contributed by atoms with E-state index in [1.165, 1.54) is 7.11 Å². The third-order valence-corrected chi connectivity index (χ3v) is 4.09. The summed E-state index contributed by atoms with van der Waals surface area (Å²) in [6, 6.07) is 0.227. The van der Waals surface area contributed by atoms with Gasteiger partial charge in [0.2, 0.25) is 0 Å². The molecule has 1 aromatic heterocycles. The smallest absolute Gasteiger partial charge is 0.325 e. The Kier molecular flexibility index (Phi) is 6.48. The molecule has 1 aromatic rings. The van der Waals surface area contributed by atoms with Crippen LogP contribution in [0.5, 0.6) is 0 Å². The molecule has 0 fully saturated rings. The van der Waals surface area contributed by atoms with Crippen LogP contribution in [0.1, 0.15) is 33.6 Å². The molecule has 1 unspecified atom stereocenters. The Morgan fingerprint density at radius 3 is 2.80 bits per heavy atom. The van der Waals surface area contributed by atoms with E-state index in [2.05, 4.69) is 15.5 Å². The van der Waals surface area contributed by atoms with Crippen LogP contribution in [-0.2, 0) is 16.6 Å². The van der Waals surface area contributed by atoms with Crippen molar-refractivity contribution in [3.63, 3.8) is 0 Å². The lowest BCUT2D eigenvalue weighted by Gasteiger charge is -2.30. The molecule has 0 aliphatic heterocycles. The van der Waals surface area contributed by atoms with Crippen molar-refractivity contribution >= 4 is 17.7 Å². The summed E-state index contributed by atoms with van der Waals surface area (Å²) in [7, 11) is 3.35. The molecule has 1 rings (SSSR count). The van der Waals surface area contributed by atoms with Crippen molar-refractivity contribution < 1.29 is 9.53 Å². The monoisotopic (exact) mass is 300 g/mol. The number of hydrogen-bond acceptors (Lipinski definition) is 6. The van der Waals surface area contributed by atoms with Crippen LogP contribution in [0.3, 0.4) is 0 Å². The van der Waals surface area contributed by atoms with Gasteiger partial charge in [-0.05, 0) is 33.6 Å². The number of carbonyl (C=O) groups excluding carboxylic acids is 1. The highest BCUT2D eigenvalue weighted by atomic mass is 32.2. The molecule has 20 heavy (non-hydrogen) atoms. The van der Waals surface area contributed by atoms with E-state index < -0.39 is 5.54 Å². The van der Waals surface area contributed by atoms with Gasteiger partial charge in [-0.3, -0.25) is 10.1 Å². The molecule has 0 bridgehead atoms. The van der Waals surface area contributed by atoms with Crippen molar-refractivity contribution in [2.24, 2.45) is 7.05 Å². The number of ether oxygens (including phenoxy) is 1. The summed E-state index contributed by atoms with van der Waals surface area (Å²) in [5.41, 5.74) is -0.636. The number of hydrogen-bond donors (Lipinski definition) is 1. The van der Waals surface area contributed by atoms with Gasteiger partial charge in [-0.15, -0.1) is 10.2 Å². The van der Waals surface area contributed by atoms with Crippen LogP contribution in [0.2, 0.25) is 0 Å². The van der Waals surface area contributed by atoms with Crippen LogP contribution < -0.4 is 5.32 Å². The summed E-state index contributed by atoms with van der Waals surface area (Å²) in [4.78, 5) is 11.9. The largest absolute Gasteiger partial charge is 0.468 e. The molecule has 0 amide bonds. The minimum absolute atomic E-state index is 0.213. The van der Waals surface area contributed by atoms with E-state index in [9.17, 15) is 4.79 Å². The topological polar surface area (TPSA) is 69.0 Å². The number of thioether (sulfide) groups is 1. The Labute approximate surface area is 124 Å². The molecule has 0 aliphatic rings. The fraction of sp³-hybridized carbons (Fsp3) is 0.769. The summed E-state index contributed by atoms with van der Waals surface area (Å²) in [5.74, 6) is 0.675. The van der Waals surface area contributed by atoms with Crippen molar-refractivity contribution in [1.82, 2.24) is 20.1 Å². The summed E-state index contributed by atoms with van der Waals surface area (Å²) >= 11 is 1.64. The Hall–Kier alpha value is -1.08. The molecule has 6 nitrogen and oxygen atoms in total.